The molecule has 1 fully saturated rings. The normalized spacial score (nSPS) is 17.3. The van der Waals surface area contributed by atoms with Crippen LogP contribution in [0.3, 0.4) is 0 Å². The number of phenols is 1. The van der Waals surface area contributed by atoms with Crippen LogP contribution in [0, 0.1) is 5.92 Å². The number of aromatic hydroxyl groups is 1. The summed E-state index contributed by atoms with van der Waals surface area (Å²) in [7, 11) is 0. The van der Waals surface area contributed by atoms with Crippen molar-refractivity contribution in [3.63, 3.8) is 0 Å². The Kier molecular flexibility index (Phi) is 6.92. The maximum Gasteiger partial charge on any atom is 0.300 e. The highest BCUT2D eigenvalue weighted by atomic mass is 16.5. The zero-order valence-electron chi connectivity index (χ0n) is 20.1. The van der Waals surface area contributed by atoms with Crippen LogP contribution < -0.4 is 9.64 Å². The monoisotopic (exact) mass is 471 g/mol. The Morgan fingerprint density at radius 2 is 1.57 bits per heavy atom. The maximum atomic E-state index is 13.2. The third-order valence-corrected chi connectivity index (χ3v) is 5.99. The lowest BCUT2D eigenvalue weighted by Crippen LogP contribution is -2.29. The second kappa shape index (κ2) is 10.1. The lowest BCUT2D eigenvalue weighted by Gasteiger charge is -2.25. The number of Topliss-reactive ketones (excluding diaryl/α,β-unsaturated/α-hetero) is 1. The van der Waals surface area contributed by atoms with Crippen molar-refractivity contribution in [3.05, 3.63) is 95.1 Å². The summed E-state index contributed by atoms with van der Waals surface area (Å²) < 4.78 is 5.71. The van der Waals surface area contributed by atoms with Crippen LogP contribution in [0.5, 0.6) is 11.5 Å². The van der Waals surface area contributed by atoms with Crippen molar-refractivity contribution < 1.29 is 24.5 Å². The molecule has 1 saturated heterocycles. The number of ether oxygens (including phenoxy) is 1. The molecular weight excluding hydrogens is 442 g/mol. The Bertz CT molecular complexity index is 1240. The molecule has 4 rings (SSSR count). The zero-order chi connectivity index (χ0) is 25.1. The summed E-state index contributed by atoms with van der Waals surface area (Å²) in [5, 5.41) is 21.0. The lowest BCUT2D eigenvalue weighted by molar-refractivity contribution is -0.132. The molecule has 0 spiro atoms. The van der Waals surface area contributed by atoms with E-state index in [0.717, 1.165) is 12.0 Å². The second-order valence-electron chi connectivity index (χ2n) is 9.01. The van der Waals surface area contributed by atoms with Crippen LogP contribution in [-0.2, 0) is 16.0 Å². The van der Waals surface area contributed by atoms with Gasteiger partial charge in [0.15, 0.2) is 0 Å². The number of aryl methyl sites for hydroxylation is 1. The van der Waals surface area contributed by atoms with Crippen molar-refractivity contribution in [2.75, 3.05) is 11.5 Å². The van der Waals surface area contributed by atoms with Crippen LogP contribution in [0.4, 0.5) is 5.69 Å². The summed E-state index contributed by atoms with van der Waals surface area (Å²) in [5.41, 5.74) is 2.66. The second-order valence-corrected chi connectivity index (χ2v) is 9.01. The highest BCUT2D eigenvalue weighted by Crippen LogP contribution is 2.42. The van der Waals surface area contributed by atoms with Crippen molar-refractivity contribution in [1.29, 1.82) is 0 Å². The maximum absolute atomic E-state index is 13.2. The van der Waals surface area contributed by atoms with Gasteiger partial charge in [-0.2, -0.15) is 0 Å². The minimum absolute atomic E-state index is 0.00360. The fourth-order valence-electron chi connectivity index (χ4n) is 4.09. The van der Waals surface area contributed by atoms with Crippen LogP contribution in [-0.4, -0.2) is 28.5 Å². The number of anilines is 1. The number of hydrogen-bond acceptors (Lipinski definition) is 5. The fraction of sp³-hybridized carbons (Fsp3) is 0.241. The van der Waals surface area contributed by atoms with E-state index in [2.05, 4.69) is 13.8 Å². The van der Waals surface area contributed by atoms with E-state index >= 15 is 0 Å². The minimum Gasteiger partial charge on any atom is -0.508 e. The van der Waals surface area contributed by atoms with E-state index in [0.29, 0.717) is 35.1 Å². The number of aliphatic hydroxyl groups is 1. The molecule has 180 valence electrons. The van der Waals surface area contributed by atoms with E-state index in [9.17, 15) is 19.8 Å². The molecule has 1 atom stereocenters. The number of ketones is 1. The first kappa shape index (κ1) is 24.1. The van der Waals surface area contributed by atoms with Gasteiger partial charge in [0.05, 0.1) is 18.2 Å². The topological polar surface area (TPSA) is 87.1 Å². The van der Waals surface area contributed by atoms with E-state index in [1.54, 1.807) is 48.5 Å². The first-order valence-electron chi connectivity index (χ1n) is 11.7. The van der Waals surface area contributed by atoms with Gasteiger partial charge in [0.1, 0.15) is 17.3 Å². The Morgan fingerprint density at radius 1 is 0.943 bits per heavy atom. The third kappa shape index (κ3) is 4.92. The molecule has 3 aromatic carbocycles. The average molecular weight is 472 g/mol. The van der Waals surface area contributed by atoms with Crippen LogP contribution >= 0.6 is 0 Å². The molecule has 0 radical (unpaired) electrons. The summed E-state index contributed by atoms with van der Waals surface area (Å²) in [6, 6.07) is 19.7. The fourth-order valence-corrected chi connectivity index (χ4v) is 4.09. The number of benzene rings is 3. The molecule has 1 aliphatic heterocycles. The van der Waals surface area contributed by atoms with Gasteiger partial charge < -0.3 is 14.9 Å². The molecule has 3 aromatic rings. The van der Waals surface area contributed by atoms with Crippen LogP contribution in [0.1, 0.15) is 43.5 Å². The molecule has 1 unspecified atom stereocenters. The van der Waals surface area contributed by atoms with Crippen LogP contribution in [0.25, 0.3) is 5.76 Å². The standard InChI is InChI=1S/C29H29NO5/c1-4-19-5-11-22(12-6-19)30-26(20-7-13-23(31)14-8-20)25(28(33)29(30)34)27(32)21-9-15-24(16-10-21)35-17-18(2)3/h5-16,18,26,31-32H,4,17H2,1-3H3/b27-25+. The first-order valence-corrected chi connectivity index (χ1v) is 11.7. The van der Waals surface area contributed by atoms with E-state index in [4.69, 9.17) is 4.74 Å². The number of amides is 1. The van der Waals surface area contributed by atoms with Gasteiger partial charge >= 0.3 is 0 Å². The number of phenolic OH excluding ortho intramolecular Hbond substituents is 1. The van der Waals surface area contributed by atoms with Gasteiger partial charge in [-0.15, -0.1) is 0 Å². The number of carbonyl (C=O) groups is 2. The molecule has 0 aliphatic carbocycles. The van der Waals surface area contributed by atoms with E-state index in [1.807, 2.05) is 19.1 Å². The molecule has 2 N–H and O–H groups in total. The average Bonchev–Trinajstić information content (AvgIpc) is 3.13. The van der Waals surface area contributed by atoms with Gasteiger partial charge in [-0.1, -0.05) is 45.0 Å². The van der Waals surface area contributed by atoms with Gasteiger partial charge in [-0.25, -0.2) is 0 Å². The molecule has 1 heterocycles. The van der Waals surface area contributed by atoms with E-state index < -0.39 is 17.7 Å². The van der Waals surface area contributed by atoms with Crippen molar-refractivity contribution in [2.45, 2.75) is 33.2 Å². The number of aliphatic hydroxyl groups excluding tert-OH is 1. The molecule has 0 bridgehead atoms. The van der Waals surface area contributed by atoms with Crippen LogP contribution in [0.2, 0.25) is 0 Å². The molecule has 1 aliphatic rings. The van der Waals surface area contributed by atoms with Gasteiger partial charge in [0, 0.05) is 11.3 Å². The Balaban J connectivity index is 1.80. The molecular formula is C29H29NO5. The molecule has 6 nitrogen and oxygen atoms in total. The molecule has 1 amide bonds. The number of carbonyl (C=O) groups excluding carboxylic acids is 2. The molecule has 35 heavy (non-hydrogen) atoms. The summed E-state index contributed by atoms with van der Waals surface area (Å²) in [6.07, 6.45) is 0.845. The van der Waals surface area contributed by atoms with Gasteiger partial charge in [-0.05, 0) is 72.0 Å². The first-order chi connectivity index (χ1) is 16.8. The lowest BCUT2D eigenvalue weighted by atomic mass is 9.95. The summed E-state index contributed by atoms with van der Waals surface area (Å²) in [5.74, 6) is -0.650. The van der Waals surface area contributed by atoms with Gasteiger partial charge in [0.2, 0.25) is 0 Å². The Hall–Kier alpha value is -4.06. The van der Waals surface area contributed by atoms with Gasteiger partial charge in [0.25, 0.3) is 11.7 Å². The van der Waals surface area contributed by atoms with Crippen molar-refractivity contribution in [2.24, 2.45) is 5.92 Å². The largest absolute Gasteiger partial charge is 0.508 e. The highest BCUT2D eigenvalue weighted by Gasteiger charge is 2.46. The predicted octanol–water partition coefficient (Wildman–Crippen LogP) is 5.62. The van der Waals surface area contributed by atoms with E-state index in [-0.39, 0.29) is 17.1 Å². The highest BCUT2D eigenvalue weighted by molar-refractivity contribution is 6.51. The smallest absolute Gasteiger partial charge is 0.300 e. The summed E-state index contributed by atoms with van der Waals surface area (Å²) in [6.45, 7) is 6.71. The number of nitrogens with zero attached hydrogens (tertiary/aromatic N) is 1. The minimum atomic E-state index is -0.847. The van der Waals surface area contributed by atoms with Gasteiger partial charge in [-0.3, -0.25) is 14.5 Å². The van der Waals surface area contributed by atoms with Crippen molar-refractivity contribution >= 4 is 23.1 Å². The molecule has 0 saturated carbocycles. The number of rotatable bonds is 7. The molecule has 6 heteroatoms. The molecule has 0 aromatic heterocycles. The summed E-state index contributed by atoms with van der Waals surface area (Å²) in [4.78, 5) is 27.9. The predicted molar refractivity (Wildman–Crippen MR) is 135 cm³/mol. The van der Waals surface area contributed by atoms with E-state index in [1.165, 1.54) is 17.0 Å². The number of hydrogen-bond donors (Lipinski definition) is 2. The van der Waals surface area contributed by atoms with Crippen molar-refractivity contribution in [1.82, 2.24) is 0 Å². The van der Waals surface area contributed by atoms with Crippen LogP contribution in [0.15, 0.2) is 78.4 Å². The Labute approximate surface area is 205 Å². The Morgan fingerprint density at radius 3 is 2.14 bits per heavy atom. The quantitative estimate of drug-likeness (QED) is 0.265. The van der Waals surface area contributed by atoms with Crippen molar-refractivity contribution in [3.8, 4) is 11.5 Å². The zero-order valence-corrected chi connectivity index (χ0v) is 20.1. The third-order valence-electron chi connectivity index (χ3n) is 5.99. The SMILES string of the molecule is CCc1ccc(N2C(=O)C(=O)/C(=C(/O)c3ccc(OCC(C)C)cc3)C2c2ccc(O)cc2)cc1. The summed E-state index contributed by atoms with van der Waals surface area (Å²) >= 11 is 0.